The number of carbonyl (C=O) groups is 2. The first-order chi connectivity index (χ1) is 33.5. The molecular formula is C62H119NO5. The second-order valence-electron chi connectivity index (χ2n) is 21.0. The zero-order valence-electron chi connectivity index (χ0n) is 45.9. The molecule has 0 radical (unpaired) electrons. The zero-order valence-corrected chi connectivity index (χ0v) is 45.9. The molecule has 0 aliphatic heterocycles. The molecule has 0 bridgehead atoms. The summed E-state index contributed by atoms with van der Waals surface area (Å²) < 4.78 is 5.48. The van der Waals surface area contributed by atoms with Gasteiger partial charge in [-0.15, -0.1) is 0 Å². The van der Waals surface area contributed by atoms with Crippen LogP contribution in [0.4, 0.5) is 0 Å². The standard InChI is InChI=1S/C62H119NO5/c1-3-5-7-9-11-13-15-17-27-31-34-38-42-46-50-54-60(65)59(58-64)63-61(66)55-51-47-43-39-35-32-28-25-23-21-19-18-20-22-24-26-29-33-37-41-45-49-53-57-68-62(67)56-52-48-44-40-36-30-16-14-12-10-8-6-4-2/h21,23,50,54,59-60,64-65H,3-20,22,24-49,51-53,55-58H2,1-2H3,(H,63,66)/b23-21-,54-50+. The molecule has 0 aromatic carbocycles. The minimum absolute atomic E-state index is 0.0127. The number of esters is 1. The lowest BCUT2D eigenvalue weighted by molar-refractivity contribution is -0.143. The number of allylic oxidation sites excluding steroid dienone is 3. The Labute approximate surface area is 424 Å². The van der Waals surface area contributed by atoms with Crippen LogP contribution in [-0.2, 0) is 14.3 Å². The number of rotatable bonds is 57. The van der Waals surface area contributed by atoms with E-state index in [1.54, 1.807) is 6.08 Å². The van der Waals surface area contributed by atoms with Crippen molar-refractivity contribution in [1.29, 1.82) is 0 Å². The lowest BCUT2D eigenvalue weighted by atomic mass is 10.0. The average molecular weight is 959 g/mol. The maximum atomic E-state index is 12.5. The summed E-state index contributed by atoms with van der Waals surface area (Å²) >= 11 is 0. The zero-order chi connectivity index (χ0) is 49.3. The van der Waals surface area contributed by atoms with Crippen molar-refractivity contribution in [2.75, 3.05) is 13.2 Å². The number of aliphatic hydroxyl groups excluding tert-OH is 2. The Hall–Kier alpha value is -1.66. The van der Waals surface area contributed by atoms with E-state index in [0.29, 0.717) is 19.4 Å². The van der Waals surface area contributed by atoms with E-state index in [4.69, 9.17) is 4.74 Å². The maximum Gasteiger partial charge on any atom is 0.305 e. The van der Waals surface area contributed by atoms with Gasteiger partial charge in [0.15, 0.2) is 0 Å². The summed E-state index contributed by atoms with van der Waals surface area (Å²) in [5.74, 6) is -0.0601. The predicted octanol–water partition coefficient (Wildman–Crippen LogP) is 19.0. The minimum Gasteiger partial charge on any atom is -0.466 e. The van der Waals surface area contributed by atoms with Gasteiger partial charge in [-0.3, -0.25) is 9.59 Å². The lowest BCUT2D eigenvalue weighted by Crippen LogP contribution is -2.45. The summed E-state index contributed by atoms with van der Waals surface area (Å²) in [5, 5.41) is 23.1. The van der Waals surface area contributed by atoms with Crippen molar-refractivity contribution in [2.45, 2.75) is 347 Å². The van der Waals surface area contributed by atoms with Crippen LogP contribution < -0.4 is 5.32 Å². The van der Waals surface area contributed by atoms with Crippen LogP contribution in [-0.4, -0.2) is 47.4 Å². The van der Waals surface area contributed by atoms with Crippen LogP contribution in [0.15, 0.2) is 24.3 Å². The number of ether oxygens (including phenoxy) is 1. The van der Waals surface area contributed by atoms with E-state index in [1.807, 2.05) is 6.08 Å². The number of nitrogens with one attached hydrogen (secondary N) is 1. The van der Waals surface area contributed by atoms with Gasteiger partial charge in [-0.1, -0.05) is 289 Å². The molecule has 0 fully saturated rings. The Bertz CT molecular complexity index is 1060. The number of amides is 1. The van der Waals surface area contributed by atoms with Gasteiger partial charge in [-0.2, -0.15) is 0 Å². The highest BCUT2D eigenvalue weighted by Gasteiger charge is 2.18. The molecule has 3 N–H and O–H groups in total. The van der Waals surface area contributed by atoms with Crippen molar-refractivity contribution in [3.8, 4) is 0 Å². The molecule has 2 atom stereocenters. The summed E-state index contributed by atoms with van der Waals surface area (Å²) in [6, 6.07) is -0.632. The van der Waals surface area contributed by atoms with Gasteiger partial charge in [0, 0.05) is 12.8 Å². The third-order valence-corrected chi connectivity index (χ3v) is 14.2. The Morgan fingerprint density at radius 1 is 0.397 bits per heavy atom. The molecule has 0 aromatic heterocycles. The van der Waals surface area contributed by atoms with Gasteiger partial charge < -0.3 is 20.3 Å². The molecule has 0 rings (SSSR count). The fourth-order valence-corrected chi connectivity index (χ4v) is 9.51. The Morgan fingerprint density at radius 2 is 0.691 bits per heavy atom. The highest BCUT2D eigenvalue weighted by atomic mass is 16.5. The van der Waals surface area contributed by atoms with Gasteiger partial charge in [0.05, 0.1) is 25.4 Å². The molecule has 2 unspecified atom stereocenters. The van der Waals surface area contributed by atoms with Crippen molar-refractivity contribution < 1.29 is 24.5 Å². The van der Waals surface area contributed by atoms with Crippen molar-refractivity contribution in [3.05, 3.63) is 24.3 Å². The van der Waals surface area contributed by atoms with Crippen molar-refractivity contribution >= 4 is 11.9 Å². The highest BCUT2D eigenvalue weighted by Crippen LogP contribution is 2.17. The number of hydrogen-bond donors (Lipinski definition) is 3. The predicted molar refractivity (Wildman–Crippen MR) is 296 cm³/mol. The highest BCUT2D eigenvalue weighted by molar-refractivity contribution is 5.76. The molecule has 68 heavy (non-hydrogen) atoms. The van der Waals surface area contributed by atoms with Crippen molar-refractivity contribution in [3.63, 3.8) is 0 Å². The van der Waals surface area contributed by atoms with Crippen LogP contribution in [0.2, 0.25) is 0 Å². The molecule has 0 aromatic rings. The summed E-state index contributed by atoms with van der Waals surface area (Å²) in [6.45, 7) is 4.92. The normalized spacial score (nSPS) is 12.7. The molecule has 0 saturated heterocycles. The SMILES string of the molecule is CCCCCCCCCCCCCCC/C=C/C(O)C(CO)NC(=O)CCCCCCCCC/C=C\CCCCCCCCCCCCCCOC(=O)CCCCCCCCCCCCCCC. The maximum absolute atomic E-state index is 12.5. The summed E-state index contributed by atoms with van der Waals surface area (Å²) in [5.41, 5.74) is 0. The third kappa shape index (κ3) is 53.7. The van der Waals surface area contributed by atoms with E-state index in [9.17, 15) is 19.8 Å². The summed E-state index contributed by atoms with van der Waals surface area (Å²) in [7, 11) is 0. The van der Waals surface area contributed by atoms with Crippen LogP contribution in [0.5, 0.6) is 0 Å². The van der Waals surface area contributed by atoms with Crippen LogP contribution in [0, 0.1) is 0 Å². The van der Waals surface area contributed by atoms with Crippen LogP contribution in [0.25, 0.3) is 0 Å². The third-order valence-electron chi connectivity index (χ3n) is 14.2. The number of aliphatic hydroxyl groups is 2. The fraction of sp³-hybridized carbons (Fsp3) is 0.903. The summed E-state index contributed by atoms with van der Waals surface area (Å²) in [6.07, 6.45) is 70.7. The number of hydrogen-bond acceptors (Lipinski definition) is 5. The molecule has 6 heteroatoms. The largest absolute Gasteiger partial charge is 0.466 e. The van der Waals surface area contributed by atoms with E-state index in [2.05, 4.69) is 31.3 Å². The molecule has 1 amide bonds. The topological polar surface area (TPSA) is 95.9 Å². The van der Waals surface area contributed by atoms with Gasteiger partial charge in [-0.05, 0) is 57.8 Å². The summed E-state index contributed by atoms with van der Waals surface area (Å²) in [4.78, 5) is 24.5. The fourth-order valence-electron chi connectivity index (χ4n) is 9.51. The van der Waals surface area contributed by atoms with Gasteiger partial charge in [0.1, 0.15) is 0 Å². The second-order valence-corrected chi connectivity index (χ2v) is 21.0. The minimum atomic E-state index is -0.847. The van der Waals surface area contributed by atoms with E-state index >= 15 is 0 Å². The van der Waals surface area contributed by atoms with E-state index in [0.717, 1.165) is 44.9 Å². The first-order valence-corrected chi connectivity index (χ1v) is 30.6. The quantitative estimate of drug-likeness (QED) is 0.0321. The molecule has 6 nitrogen and oxygen atoms in total. The second kappa shape index (κ2) is 57.9. The Balaban J connectivity index is 3.43. The van der Waals surface area contributed by atoms with Gasteiger partial charge in [-0.25, -0.2) is 0 Å². The molecule has 402 valence electrons. The van der Waals surface area contributed by atoms with Crippen molar-refractivity contribution in [1.82, 2.24) is 5.32 Å². The van der Waals surface area contributed by atoms with Crippen LogP contribution >= 0.6 is 0 Å². The smallest absolute Gasteiger partial charge is 0.305 e. The first-order valence-electron chi connectivity index (χ1n) is 30.6. The first kappa shape index (κ1) is 66.3. The number of unbranched alkanes of at least 4 members (excludes halogenated alkanes) is 44. The monoisotopic (exact) mass is 958 g/mol. The lowest BCUT2D eigenvalue weighted by Gasteiger charge is -2.20. The van der Waals surface area contributed by atoms with Gasteiger partial charge in [0.25, 0.3) is 0 Å². The molecule has 0 saturated carbocycles. The average Bonchev–Trinajstić information content (AvgIpc) is 3.34. The molecule has 0 spiro atoms. The number of carbonyl (C=O) groups excluding carboxylic acids is 2. The Morgan fingerprint density at radius 3 is 1.04 bits per heavy atom. The molecule has 0 heterocycles. The Kier molecular flexibility index (Phi) is 56.5. The van der Waals surface area contributed by atoms with E-state index < -0.39 is 12.1 Å². The van der Waals surface area contributed by atoms with Crippen molar-refractivity contribution in [2.24, 2.45) is 0 Å². The van der Waals surface area contributed by atoms with Crippen LogP contribution in [0.3, 0.4) is 0 Å². The van der Waals surface area contributed by atoms with Crippen LogP contribution in [0.1, 0.15) is 335 Å². The molecule has 0 aliphatic rings. The van der Waals surface area contributed by atoms with Gasteiger partial charge in [0.2, 0.25) is 5.91 Å². The van der Waals surface area contributed by atoms with E-state index in [1.165, 1.54) is 263 Å². The molecular weight excluding hydrogens is 839 g/mol. The van der Waals surface area contributed by atoms with Gasteiger partial charge >= 0.3 is 5.97 Å². The van der Waals surface area contributed by atoms with E-state index in [-0.39, 0.29) is 18.5 Å². The molecule has 0 aliphatic carbocycles.